The van der Waals surface area contributed by atoms with Crippen molar-refractivity contribution in [1.29, 1.82) is 0 Å². The van der Waals surface area contributed by atoms with Crippen LogP contribution in [0, 0.1) is 5.41 Å². The van der Waals surface area contributed by atoms with E-state index in [-0.39, 0.29) is 5.41 Å². The highest BCUT2D eigenvalue weighted by atomic mass is 16.5. The Morgan fingerprint density at radius 3 is 2.53 bits per heavy atom. The van der Waals surface area contributed by atoms with Gasteiger partial charge in [0, 0.05) is 30.7 Å². The van der Waals surface area contributed by atoms with Crippen LogP contribution in [0.25, 0.3) is 0 Å². The number of likely N-dealkylation sites (tertiary alicyclic amines) is 1. The summed E-state index contributed by atoms with van der Waals surface area (Å²) in [5.41, 5.74) is 0.284. The van der Waals surface area contributed by atoms with Crippen LogP contribution in [-0.2, 0) is 4.74 Å². The molecular weight excluding hydrogens is 236 g/mol. The smallest absolute Gasteiger partial charge is 0.0655 e. The van der Waals surface area contributed by atoms with Gasteiger partial charge in [0.05, 0.1) is 6.10 Å². The summed E-state index contributed by atoms with van der Waals surface area (Å²) >= 11 is 0. The fourth-order valence-corrected chi connectivity index (χ4v) is 3.58. The topological polar surface area (TPSA) is 24.5 Å². The van der Waals surface area contributed by atoms with Gasteiger partial charge >= 0.3 is 0 Å². The van der Waals surface area contributed by atoms with Crippen molar-refractivity contribution in [2.75, 3.05) is 26.2 Å². The Kier molecular flexibility index (Phi) is 5.27. The number of rotatable bonds is 6. The monoisotopic (exact) mass is 268 g/mol. The Morgan fingerprint density at radius 1 is 1.26 bits per heavy atom. The van der Waals surface area contributed by atoms with Gasteiger partial charge in [-0.3, -0.25) is 0 Å². The Hall–Kier alpha value is -0.120. The Bertz CT molecular complexity index is 274. The first-order valence-electron chi connectivity index (χ1n) is 8.14. The van der Waals surface area contributed by atoms with Gasteiger partial charge in [-0.25, -0.2) is 0 Å². The van der Waals surface area contributed by atoms with Crippen molar-refractivity contribution in [3.05, 3.63) is 0 Å². The van der Waals surface area contributed by atoms with E-state index >= 15 is 0 Å². The van der Waals surface area contributed by atoms with Crippen LogP contribution in [0.2, 0.25) is 0 Å². The lowest BCUT2D eigenvalue weighted by Crippen LogP contribution is -2.63. The van der Waals surface area contributed by atoms with E-state index in [4.69, 9.17) is 4.74 Å². The molecule has 1 heterocycles. The molecule has 2 aliphatic rings. The standard InChI is InChI=1S/C16H32N2O/c1-5-19-15-11-14(16(15,3)4)17-13(2)12-18-9-7-6-8-10-18/h13-15,17H,5-12H2,1-4H3. The molecule has 19 heavy (non-hydrogen) atoms. The first-order chi connectivity index (χ1) is 9.04. The minimum atomic E-state index is 0.284. The highest BCUT2D eigenvalue weighted by Gasteiger charge is 2.48. The third-order valence-electron chi connectivity index (χ3n) is 5.01. The van der Waals surface area contributed by atoms with E-state index in [1.807, 2.05) is 0 Å². The fourth-order valence-electron chi connectivity index (χ4n) is 3.58. The maximum absolute atomic E-state index is 5.80. The zero-order valence-electron chi connectivity index (χ0n) is 13.2. The first-order valence-corrected chi connectivity index (χ1v) is 8.14. The van der Waals surface area contributed by atoms with Crippen LogP contribution < -0.4 is 5.32 Å². The summed E-state index contributed by atoms with van der Waals surface area (Å²) in [7, 11) is 0. The zero-order valence-corrected chi connectivity index (χ0v) is 13.2. The SMILES string of the molecule is CCOC1CC(NC(C)CN2CCCCC2)C1(C)C. The molecule has 0 bridgehead atoms. The summed E-state index contributed by atoms with van der Waals surface area (Å²) in [6, 6.07) is 1.20. The van der Waals surface area contributed by atoms with Gasteiger partial charge in [-0.15, -0.1) is 0 Å². The van der Waals surface area contributed by atoms with E-state index in [0.29, 0.717) is 18.2 Å². The van der Waals surface area contributed by atoms with Crippen molar-refractivity contribution in [3.8, 4) is 0 Å². The third-order valence-corrected chi connectivity index (χ3v) is 5.01. The van der Waals surface area contributed by atoms with Gasteiger partial charge in [-0.1, -0.05) is 20.3 Å². The van der Waals surface area contributed by atoms with Crippen molar-refractivity contribution in [1.82, 2.24) is 10.2 Å². The minimum Gasteiger partial charge on any atom is -0.378 e. The van der Waals surface area contributed by atoms with Crippen LogP contribution in [-0.4, -0.2) is 49.3 Å². The lowest BCUT2D eigenvalue weighted by atomic mass is 9.64. The van der Waals surface area contributed by atoms with Gasteiger partial charge in [0.15, 0.2) is 0 Å². The van der Waals surface area contributed by atoms with Crippen LogP contribution in [0.15, 0.2) is 0 Å². The average Bonchev–Trinajstić information content (AvgIpc) is 2.39. The highest BCUT2D eigenvalue weighted by Crippen LogP contribution is 2.42. The number of ether oxygens (including phenoxy) is 1. The number of piperidine rings is 1. The molecule has 1 N–H and O–H groups in total. The van der Waals surface area contributed by atoms with Gasteiger partial charge in [0.1, 0.15) is 0 Å². The first kappa shape index (κ1) is 15.3. The summed E-state index contributed by atoms with van der Waals surface area (Å²) in [6.45, 7) is 13.7. The molecule has 0 radical (unpaired) electrons. The Labute approximate surface area is 119 Å². The van der Waals surface area contributed by atoms with E-state index in [2.05, 4.69) is 37.9 Å². The van der Waals surface area contributed by atoms with Crippen molar-refractivity contribution >= 4 is 0 Å². The Morgan fingerprint density at radius 2 is 1.95 bits per heavy atom. The summed E-state index contributed by atoms with van der Waals surface area (Å²) in [4.78, 5) is 2.62. The molecule has 0 aromatic heterocycles. The molecule has 3 nitrogen and oxygen atoms in total. The van der Waals surface area contributed by atoms with Crippen molar-refractivity contribution in [3.63, 3.8) is 0 Å². The molecule has 0 amide bonds. The molecule has 1 aliphatic heterocycles. The van der Waals surface area contributed by atoms with Crippen LogP contribution >= 0.6 is 0 Å². The molecule has 112 valence electrons. The van der Waals surface area contributed by atoms with E-state index in [1.165, 1.54) is 45.3 Å². The summed E-state index contributed by atoms with van der Waals surface area (Å²) in [5, 5.41) is 3.82. The molecule has 0 aromatic rings. The molecule has 0 aromatic carbocycles. The molecule has 0 spiro atoms. The summed E-state index contributed by atoms with van der Waals surface area (Å²) in [6.07, 6.45) is 5.80. The molecule has 2 fully saturated rings. The maximum Gasteiger partial charge on any atom is 0.0655 e. The van der Waals surface area contributed by atoms with Gasteiger partial charge in [0.25, 0.3) is 0 Å². The van der Waals surface area contributed by atoms with Crippen molar-refractivity contribution in [2.45, 2.75) is 71.6 Å². The fraction of sp³-hybridized carbons (Fsp3) is 1.00. The van der Waals surface area contributed by atoms with Gasteiger partial charge < -0.3 is 15.0 Å². The van der Waals surface area contributed by atoms with Crippen molar-refractivity contribution in [2.24, 2.45) is 5.41 Å². The maximum atomic E-state index is 5.80. The molecule has 3 unspecified atom stereocenters. The summed E-state index contributed by atoms with van der Waals surface area (Å²) in [5.74, 6) is 0. The molecule has 1 saturated carbocycles. The van der Waals surface area contributed by atoms with E-state index < -0.39 is 0 Å². The molecule has 1 aliphatic carbocycles. The molecule has 1 saturated heterocycles. The van der Waals surface area contributed by atoms with Crippen LogP contribution in [0.4, 0.5) is 0 Å². The Balaban J connectivity index is 1.72. The quantitative estimate of drug-likeness (QED) is 0.801. The second kappa shape index (κ2) is 6.55. The number of nitrogens with one attached hydrogen (secondary N) is 1. The lowest BCUT2D eigenvalue weighted by molar-refractivity contribution is -0.116. The number of nitrogens with zero attached hydrogens (tertiary/aromatic N) is 1. The minimum absolute atomic E-state index is 0.284. The van der Waals surface area contributed by atoms with Crippen LogP contribution in [0.5, 0.6) is 0 Å². The highest BCUT2D eigenvalue weighted by molar-refractivity contribution is 5.03. The van der Waals surface area contributed by atoms with Crippen molar-refractivity contribution < 1.29 is 4.74 Å². The predicted molar refractivity (Wildman–Crippen MR) is 80.5 cm³/mol. The van der Waals surface area contributed by atoms with E-state index in [9.17, 15) is 0 Å². The third kappa shape index (κ3) is 3.71. The second-order valence-electron chi connectivity index (χ2n) is 6.98. The molecule has 3 heteroatoms. The average molecular weight is 268 g/mol. The molecule has 2 rings (SSSR count). The van der Waals surface area contributed by atoms with Gasteiger partial charge in [-0.2, -0.15) is 0 Å². The van der Waals surface area contributed by atoms with Crippen LogP contribution in [0.1, 0.15) is 53.4 Å². The number of hydrogen-bond acceptors (Lipinski definition) is 3. The predicted octanol–water partition coefficient (Wildman–Crippen LogP) is 2.65. The van der Waals surface area contributed by atoms with E-state index in [1.54, 1.807) is 0 Å². The molecular formula is C16H32N2O. The van der Waals surface area contributed by atoms with Crippen LogP contribution in [0.3, 0.4) is 0 Å². The largest absolute Gasteiger partial charge is 0.378 e. The zero-order chi connectivity index (χ0) is 13.9. The van der Waals surface area contributed by atoms with E-state index in [0.717, 1.165) is 6.61 Å². The lowest BCUT2D eigenvalue weighted by Gasteiger charge is -2.53. The number of hydrogen-bond donors (Lipinski definition) is 1. The van der Waals surface area contributed by atoms with Gasteiger partial charge in [-0.05, 0) is 46.2 Å². The normalized spacial score (nSPS) is 32.8. The van der Waals surface area contributed by atoms with Gasteiger partial charge in [0.2, 0.25) is 0 Å². The molecule has 3 atom stereocenters. The second-order valence-corrected chi connectivity index (χ2v) is 6.98. The summed E-state index contributed by atoms with van der Waals surface area (Å²) < 4.78 is 5.80.